The zero-order valence-electron chi connectivity index (χ0n) is 26.6. The lowest BCUT2D eigenvalue weighted by Gasteiger charge is -2.31. The summed E-state index contributed by atoms with van der Waals surface area (Å²) in [6.07, 6.45) is 6.31. The van der Waals surface area contributed by atoms with Crippen molar-refractivity contribution in [3.63, 3.8) is 0 Å². The van der Waals surface area contributed by atoms with Gasteiger partial charge in [-0.05, 0) is 71.9 Å². The Morgan fingerprint density at radius 2 is 1.59 bits per heavy atom. The number of esters is 1. The number of aryl methyl sites for hydroxylation is 1. The van der Waals surface area contributed by atoms with Crippen molar-refractivity contribution < 1.29 is 19.1 Å². The molecule has 0 saturated heterocycles. The Hall–Kier alpha value is -2.53. The largest absolute Gasteiger partial charge is 0.465 e. The number of anilines is 1. The van der Waals surface area contributed by atoms with Crippen LogP contribution < -0.4 is 4.90 Å². The maximum absolute atomic E-state index is 14.1. The van der Waals surface area contributed by atoms with Gasteiger partial charge in [-0.3, -0.25) is 9.69 Å². The van der Waals surface area contributed by atoms with E-state index in [1.807, 2.05) is 26.0 Å². The standard InChI is InChI=1S/C35H52ClNO4/c1-9-13-15-26(12-4)24-41-33(38)31(27-16-18-29(36)19-17-27)30-23-28(35(6,7)8)22-25(5)32(30)37(20-11-3)34(39)40-21-14-10-2/h16-19,22-23,26,31H,9-15,20-21,24H2,1-8H3. The Morgan fingerprint density at radius 1 is 0.927 bits per heavy atom. The van der Waals surface area contributed by atoms with Gasteiger partial charge in [-0.15, -0.1) is 0 Å². The zero-order chi connectivity index (χ0) is 30.6. The summed E-state index contributed by atoms with van der Waals surface area (Å²) < 4.78 is 11.8. The van der Waals surface area contributed by atoms with Crippen LogP contribution in [0.5, 0.6) is 0 Å². The number of ether oxygens (including phenoxy) is 2. The van der Waals surface area contributed by atoms with Crippen molar-refractivity contribution in [2.24, 2.45) is 5.92 Å². The van der Waals surface area contributed by atoms with Crippen LogP contribution in [-0.4, -0.2) is 31.8 Å². The molecule has 0 fully saturated rings. The summed E-state index contributed by atoms with van der Waals surface area (Å²) in [7, 11) is 0. The molecule has 2 aromatic carbocycles. The molecule has 0 heterocycles. The molecule has 2 atom stereocenters. The molecular formula is C35H52ClNO4. The van der Waals surface area contributed by atoms with Crippen molar-refractivity contribution in [3.8, 4) is 0 Å². The first-order valence-corrected chi connectivity index (χ1v) is 15.9. The van der Waals surface area contributed by atoms with Crippen molar-refractivity contribution in [2.45, 2.75) is 112 Å². The van der Waals surface area contributed by atoms with Gasteiger partial charge in [0.05, 0.1) is 18.9 Å². The van der Waals surface area contributed by atoms with Gasteiger partial charge in [-0.2, -0.15) is 0 Å². The molecule has 0 aromatic heterocycles. The Balaban J connectivity index is 2.74. The van der Waals surface area contributed by atoms with Crippen molar-refractivity contribution in [2.75, 3.05) is 24.7 Å². The summed E-state index contributed by atoms with van der Waals surface area (Å²) in [5.74, 6) is -0.725. The molecule has 0 spiro atoms. The SMILES string of the molecule is CCCCOC(=O)N(CCC)c1c(C)cc(C(C)(C)C)cc1C(C(=O)OCC(CC)CCCC)c1ccc(Cl)cc1. The maximum atomic E-state index is 14.1. The van der Waals surface area contributed by atoms with Gasteiger partial charge >= 0.3 is 12.1 Å². The second-order valence-electron chi connectivity index (χ2n) is 12.1. The lowest BCUT2D eigenvalue weighted by molar-refractivity contribution is -0.145. The highest BCUT2D eigenvalue weighted by Crippen LogP contribution is 2.40. The minimum Gasteiger partial charge on any atom is -0.465 e. The first-order valence-electron chi connectivity index (χ1n) is 15.5. The quantitative estimate of drug-likeness (QED) is 0.154. The Morgan fingerprint density at radius 3 is 2.15 bits per heavy atom. The molecule has 0 aliphatic carbocycles. The predicted molar refractivity (Wildman–Crippen MR) is 171 cm³/mol. The number of hydrogen-bond acceptors (Lipinski definition) is 4. The Labute approximate surface area is 253 Å². The van der Waals surface area contributed by atoms with Crippen LogP contribution in [0.4, 0.5) is 10.5 Å². The van der Waals surface area contributed by atoms with Crippen LogP contribution in [-0.2, 0) is 19.7 Å². The van der Waals surface area contributed by atoms with E-state index in [1.54, 1.807) is 17.0 Å². The van der Waals surface area contributed by atoms with Crippen molar-refractivity contribution in [1.82, 2.24) is 0 Å². The van der Waals surface area contributed by atoms with Crippen LogP contribution >= 0.6 is 11.6 Å². The summed E-state index contributed by atoms with van der Waals surface area (Å²) in [4.78, 5) is 29.3. The second-order valence-corrected chi connectivity index (χ2v) is 12.6. The minimum absolute atomic E-state index is 0.169. The molecule has 0 N–H and O–H groups in total. The number of nitrogens with zero attached hydrogens (tertiary/aromatic N) is 1. The van der Waals surface area contributed by atoms with E-state index < -0.39 is 5.92 Å². The van der Waals surface area contributed by atoms with Gasteiger partial charge in [-0.25, -0.2) is 4.79 Å². The van der Waals surface area contributed by atoms with Crippen LogP contribution in [0.2, 0.25) is 5.02 Å². The van der Waals surface area contributed by atoms with Crippen molar-refractivity contribution >= 4 is 29.4 Å². The summed E-state index contributed by atoms with van der Waals surface area (Å²) in [6, 6.07) is 11.6. The molecule has 2 aromatic rings. The topological polar surface area (TPSA) is 55.8 Å². The number of amides is 1. The lowest BCUT2D eigenvalue weighted by Crippen LogP contribution is -2.35. The smallest absolute Gasteiger partial charge is 0.414 e. The van der Waals surface area contributed by atoms with Gasteiger partial charge < -0.3 is 9.47 Å². The summed E-state index contributed by atoms with van der Waals surface area (Å²) >= 11 is 6.26. The van der Waals surface area contributed by atoms with Crippen LogP contribution in [0.15, 0.2) is 36.4 Å². The fraction of sp³-hybridized carbons (Fsp3) is 0.600. The van der Waals surface area contributed by atoms with Crippen molar-refractivity contribution in [1.29, 1.82) is 0 Å². The lowest BCUT2D eigenvalue weighted by atomic mass is 9.80. The van der Waals surface area contributed by atoms with E-state index in [9.17, 15) is 9.59 Å². The zero-order valence-corrected chi connectivity index (χ0v) is 27.4. The molecule has 0 bridgehead atoms. The van der Waals surface area contributed by atoms with E-state index in [2.05, 4.69) is 53.7 Å². The molecule has 41 heavy (non-hydrogen) atoms. The number of benzene rings is 2. The number of carbonyl (C=O) groups is 2. The number of rotatable bonds is 15. The molecular weight excluding hydrogens is 534 g/mol. The van der Waals surface area contributed by atoms with E-state index in [-0.39, 0.29) is 17.5 Å². The Bertz CT molecular complexity index is 1110. The van der Waals surface area contributed by atoms with Crippen LogP contribution in [0.25, 0.3) is 0 Å². The molecule has 0 saturated carbocycles. The third kappa shape index (κ3) is 10.1. The van der Waals surface area contributed by atoms with E-state index >= 15 is 0 Å². The molecule has 0 aliphatic heterocycles. The number of halogens is 1. The number of hydrogen-bond donors (Lipinski definition) is 0. The molecule has 5 nitrogen and oxygen atoms in total. The third-order valence-electron chi connectivity index (χ3n) is 7.61. The van der Waals surface area contributed by atoms with E-state index in [4.69, 9.17) is 21.1 Å². The first kappa shape index (κ1) is 34.7. The Kier molecular flexibility index (Phi) is 14.2. The summed E-state index contributed by atoms with van der Waals surface area (Å²) in [6.45, 7) is 18.1. The summed E-state index contributed by atoms with van der Waals surface area (Å²) in [5.41, 5.74) is 4.10. The highest BCUT2D eigenvalue weighted by atomic mass is 35.5. The normalized spacial score (nSPS) is 13.0. The molecule has 0 aliphatic rings. The van der Waals surface area contributed by atoms with E-state index in [1.165, 1.54) is 0 Å². The molecule has 228 valence electrons. The molecule has 0 radical (unpaired) electrons. The number of carbonyl (C=O) groups excluding carboxylic acids is 2. The fourth-order valence-corrected chi connectivity index (χ4v) is 5.13. The van der Waals surface area contributed by atoms with Gasteiger partial charge in [0.15, 0.2) is 0 Å². The van der Waals surface area contributed by atoms with Gasteiger partial charge in [0.2, 0.25) is 0 Å². The van der Waals surface area contributed by atoms with Gasteiger partial charge in [0.1, 0.15) is 5.92 Å². The van der Waals surface area contributed by atoms with Crippen LogP contribution in [0.3, 0.4) is 0 Å². The average molecular weight is 586 g/mol. The molecule has 2 rings (SSSR count). The fourth-order valence-electron chi connectivity index (χ4n) is 5.01. The average Bonchev–Trinajstić information content (AvgIpc) is 2.93. The van der Waals surface area contributed by atoms with Gasteiger partial charge in [-0.1, -0.05) is 110 Å². The van der Waals surface area contributed by atoms with E-state index in [0.29, 0.717) is 30.7 Å². The highest BCUT2D eigenvalue weighted by Gasteiger charge is 2.33. The maximum Gasteiger partial charge on any atom is 0.414 e. The third-order valence-corrected chi connectivity index (χ3v) is 7.86. The molecule has 2 unspecified atom stereocenters. The minimum atomic E-state index is -0.727. The first-order chi connectivity index (χ1) is 19.5. The highest BCUT2D eigenvalue weighted by molar-refractivity contribution is 6.30. The van der Waals surface area contributed by atoms with Gasteiger partial charge in [0.25, 0.3) is 0 Å². The molecule has 6 heteroatoms. The molecule has 1 amide bonds. The van der Waals surface area contributed by atoms with Gasteiger partial charge in [0, 0.05) is 11.6 Å². The second kappa shape index (κ2) is 16.8. The number of unbranched alkanes of at least 4 members (excludes halogenated alkanes) is 2. The summed E-state index contributed by atoms with van der Waals surface area (Å²) in [5, 5.41) is 0.596. The van der Waals surface area contributed by atoms with Crippen LogP contribution in [0.1, 0.15) is 122 Å². The van der Waals surface area contributed by atoms with E-state index in [0.717, 1.165) is 72.9 Å². The van der Waals surface area contributed by atoms with Crippen molar-refractivity contribution in [3.05, 3.63) is 63.7 Å². The predicted octanol–water partition coefficient (Wildman–Crippen LogP) is 9.99. The van der Waals surface area contributed by atoms with Crippen LogP contribution in [0, 0.1) is 12.8 Å². The monoisotopic (exact) mass is 585 g/mol.